The van der Waals surface area contributed by atoms with E-state index in [0.29, 0.717) is 6.61 Å². The smallest absolute Gasteiger partial charge is 0.310 e. The fourth-order valence-corrected chi connectivity index (χ4v) is 3.64. The minimum Gasteiger partial charge on any atom is -0.459 e. The van der Waals surface area contributed by atoms with Crippen LogP contribution in [0.5, 0.6) is 0 Å². The number of hydrogen-bond acceptors (Lipinski definition) is 4. The van der Waals surface area contributed by atoms with Gasteiger partial charge >= 0.3 is 5.97 Å². The Hall–Kier alpha value is -1.39. The third-order valence-corrected chi connectivity index (χ3v) is 4.56. The lowest BCUT2D eigenvalue weighted by Gasteiger charge is -2.22. The van der Waals surface area contributed by atoms with Crippen LogP contribution in [-0.4, -0.2) is 30.6 Å². The van der Waals surface area contributed by atoms with Crippen LogP contribution in [0.3, 0.4) is 0 Å². The SMILES string of the molecule is CC1(C)OC[C@H]([C@@H]2OC(=O)[C@H]3[C@H](c4ccccc4)[C@@H]23)O1. The molecule has 2 heterocycles. The highest BCUT2D eigenvalue weighted by Crippen LogP contribution is 2.62. The molecule has 3 fully saturated rings. The fourth-order valence-electron chi connectivity index (χ4n) is 3.64. The summed E-state index contributed by atoms with van der Waals surface area (Å²) in [6, 6.07) is 10.2. The van der Waals surface area contributed by atoms with Gasteiger partial charge in [0.25, 0.3) is 0 Å². The van der Waals surface area contributed by atoms with Crippen molar-refractivity contribution in [2.24, 2.45) is 11.8 Å². The van der Waals surface area contributed by atoms with E-state index < -0.39 is 5.79 Å². The lowest BCUT2D eigenvalue weighted by atomic mass is 10.0. The average Bonchev–Trinajstić information content (AvgIpc) is 2.94. The second-order valence-corrected chi connectivity index (χ2v) is 6.31. The van der Waals surface area contributed by atoms with Crippen LogP contribution in [-0.2, 0) is 19.0 Å². The molecule has 106 valence electrons. The Labute approximate surface area is 118 Å². The predicted octanol–water partition coefficient (Wildman–Crippen LogP) is 2.09. The van der Waals surface area contributed by atoms with Crippen LogP contribution in [0.2, 0.25) is 0 Å². The molecule has 0 aromatic heterocycles. The highest BCUT2D eigenvalue weighted by Gasteiger charge is 2.68. The third kappa shape index (κ3) is 1.79. The molecule has 20 heavy (non-hydrogen) atoms. The summed E-state index contributed by atoms with van der Waals surface area (Å²) in [7, 11) is 0. The van der Waals surface area contributed by atoms with Crippen LogP contribution in [0.25, 0.3) is 0 Å². The summed E-state index contributed by atoms with van der Waals surface area (Å²) in [6.45, 7) is 4.28. The first-order valence-corrected chi connectivity index (χ1v) is 7.14. The van der Waals surface area contributed by atoms with Crippen LogP contribution in [0.1, 0.15) is 25.3 Å². The normalized spacial score (nSPS) is 41.3. The van der Waals surface area contributed by atoms with Crippen molar-refractivity contribution in [2.45, 2.75) is 37.8 Å². The summed E-state index contributed by atoms with van der Waals surface area (Å²) in [5.41, 5.74) is 1.22. The lowest BCUT2D eigenvalue weighted by Crippen LogP contribution is -2.34. The first-order chi connectivity index (χ1) is 9.57. The first-order valence-electron chi connectivity index (χ1n) is 7.14. The fraction of sp³-hybridized carbons (Fsp3) is 0.562. The molecule has 4 nitrogen and oxygen atoms in total. The van der Waals surface area contributed by atoms with Gasteiger partial charge in [-0.05, 0) is 19.4 Å². The van der Waals surface area contributed by atoms with Crippen molar-refractivity contribution >= 4 is 5.97 Å². The molecule has 0 spiro atoms. The van der Waals surface area contributed by atoms with Crippen LogP contribution >= 0.6 is 0 Å². The maximum Gasteiger partial charge on any atom is 0.310 e. The number of hydrogen-bond donors (Lipinski definition) is 0. The predicted molar refractivity (Wildman–Crippen MR) is 70.9 cm³/mol. The number of carbonyl (C=O) groups excluding carboxylic acids is 1. The van der Waals surface area contributed by atoms with Gasteiger partial charge in [0.1, 0.15) is 12.2 Å². The second kappa shape index (κ2) is 4.06. The Morgan fingerprint density at radius 2 is 1.90 bits per heavy atom. The van der Waals surface area contributed by atoms with E-state index >= 15 is 0 Å². The van der Waals surface area contributed by atoms with E-state index in [0.717, 1.165) is 0 Å². The first kappa shape index (κ1) is 12.4. The molecule has 0 N–H and O–H groups in total. The molecule has 0 bridgehead atoms. The van der Waals surface area contributed by atoms with Crippen LogP contribution in [0.4, 0.5) is 0 Å². The van der Waals surface area contributed by atoms with Gasteiger partial charge in [0.15, 0.2) is 5.79 Å². The third-order valence-electron chi connectivity index (χ3n) is 4.56. The van der Waals surface area contributed by atoms with Gasteiger partial charge in [-0.1, -0.05) is 30.3 Å². The van der Waals surface area contributed by atoms with Crippen LogP contribution in [0, 0.1) is 11.8 Å². The quantitative estimate of drug-likeness (QED) is 0.775. The Kier molecular flexibility index (Phi) is 2.51. The van der Waals surface area contributed by atoms with Gasteiger partial charge in [-0.3, -0.25) is 4.79 Å². The number of carbonyl (C=O) groups is 1. The monoisotopic (exact) mass is 274 g/mol. The minimum atomic E-state index is -0.577. The van der Waals surface area contributed by atoms with Crippen molar-refractivity contribution < 1.29 is 19.0 Å². The topological polar surface area (TPSA) is 44.8 Å². The number of fused-ring (bicyclic) bond motifs is 1. The van der Waals surface area contributed by atoms with Gasteiger partial charge in [0.05, 0.1) is 12.5 Å². The molecule has 0 unspecified atom stereocenters. The molecule has 3 aliphatic rings. The molecule has 2 saturated heterocycles. The number of ether oxygens (including phenoxy) is 3. The number of cyclic esters (lactones) is 1. The molecule has 4 heteroatoms. The summed E-state index contributed by atoms with van der Waals surface area (Å²) >= 11 is 0. The molecular formula is C16H18O4. The van der Waals surface area contributed by atoms with E-state index in [-0.39, 0.29) is 35.9 Å². The lowest BCUT2D eigenvalue weighted by molar-refractivity contribution is -0.166. The van der Waals surface area contributed by atoms with Crippen molar-refractivity contribution in [3.05, 3.63) is 35.9 Å². The van der Waals surface area contributed by atoms with E-state index in [4.69, 9.17) is 14.2 Å². The summed E-state index contributed by atoms with van der Waals surface area (Å²) in [5, 5.41) is 0. The maximum atomic E-state index is 12.0. The zero-order valence-electron chi connectivity index (χ0n) is 11.6. The average molecular weight is 274 g/mol. The van der Waals surface area contributed by atoms with Crippen molar-refractivity contribution in [1.82, 2.24) is 0 Å². The largest absolute Gasteiger partial charge is 0.459 e. The standard InChI is InChI=1S/C16H18O4/c1-16(2)18-8-10(20-16)14-12-11(13(12)15(17)19-14)9-6-4-3-5-7-9/h3-7,10-14H,8H2,1-2H3/t10-,11-,12-,13+,14+/m1/s1. The van der Waals surface area contributed by atoms with Gasteiger partial charge in [-0.25, -0.2) is 0 Å². The van der Waals surface area contributed by atoms with E-state index in [1.807, 2.05) is 32.0 Å². The molecule has 0 amide bonds. The van der Waals surface area contributed by atoms with Crippen molar-refractivity contribution in [1.29, 1.82) is 0 Å². The van der Waals surface area contributed by atoms with E-state index in [9.17, 15) is 4.79 Å². The highest BCUT2D eigenvalue weighted by atomic mass is 16.8. The van der Waals surface area contributed by atoms with Gasteiger partial charge < -0.3 is 14.2 Å². The van der Waals surface area contributed by atoms with E-state index in [2.05, 4.69) is 12.1 Å². The molecule has 0 radical (unpaired) electrons. The van der Waals surface area contributed by atoms with Gasteiger partial charge in [-0.2, -0.15) is 0 Å². The van der Waals surface area contributed by atoms with Gasteiger partial charge in [0.2, 0.25) is 0 Å². The zero-order chi connectivity index (χ0) is 13.9. The van der Waals surface area contributed by atoms with Crippen molar-refractivity contribution in [3.63, 3.8) is 0 Å². The Morgan fingerprint density at radius 3 is 2.55 bits per heavy atom. The molecule has 2 aliphatic heterocycles. The Bertz CT molecular complexity index is 539. The summed E-state index contributed by atoms with van der Waals surface area (Å²) in [6.07, 6.45) is -0.308. The maximum absolute atomic E-state index is 12.0. The molecule has 1 saturated carbocycles. The zero-order valence-corrected chi connectivity index (χ0v) is 11.6. The highest BCUT2D eigenvalue weighted by molar-refractivity contribution is 5.81. The molecule has 4 rings (SSSR count). The number of esters is 1. The molecule has 1 aliphatic carbocycles. The molecule has 1 aromatic carbocycles. The summed E-state index contributed by atoms with van der Waals surface area (Å²) in [4.78, 5) is 12.0. The Morgan fingerprint density at radius 1 is 1.15 bits per heavy atom. The van der Waals surface area contributed by atoms with Crippen LogP contribution < -0.4 is 0 Å². The Balaban J connectivity index is 1.55. The van der Waals surface area contributed by atoms with E-state index in [1.54, 1.807) is 0 Å². The minimum absolute atomic E-state index is 0.00899. The summed E-state index contributed by atoms with van der Waals surface area (Å²) in [5.74, 6) is -0.120. The number of benzene rings is 1. The molecular weight excluding hydrogens is 256 g/mol. The van der Waals surface area contributed by atoms with Gasteiger partial charge in [0, 0.05) is 11.8 Å². The number of rotatable bonds is 2. The second-order valence-electron chi connectivity index (χ2n) is 6.31. The van der Waals surface area contributed by atoms with E-state index in [1.165, 1.54) is 5.56 Å². The molecule has 1 aromatic rings. The van der Waals surface area contributed by atoms with Crippen LogP contribution in [0.15, 0.2) is 30.3 Å². The molecule has 5 atom stereocenters. The van der Waals surface area contributed by atoms with Gasteiger partial charge in [-0.15, -0.1) is 0 Å². The summed E-state index contributed by atoms with van der Waals surface area (Å²) < 4.78 is 17.0. The van der Waals surface area contributed by atoms with Crippen molar-refractivity contribution in [2.75, 3.05) is 6.61 Å². The van der Waals surface area contributed by atoms with Crippen molar-refractivity contribution in [3.8, 4) is 0 Å².